The number of benzene rings is 9. The first-order valence-corrected chi connectivity index (χ1v) is 17.7. The molecule has 0 aliphatic rings. The van der Waals surface area contributed by atoms with Crippen LogP contribution in [0, 0.1) is 0 Å². The van der Waals surface area contributed by atoms with Gasteiger partial charge in [0.25, 0.3) is 0 Å². The summed E-state index contributed by atoms with van der Waals surface area (Å²) in [6, 6.07) is 71.7. The van der Waals surface area contributed by atoms with Crippen LogP contribution in [0.4, 0.5) is 17.1 Å². The number of fused-ring (bicyclic) bond motifs is 5. The lowest BCUT2D eigenvalue weighted by Gasteiger charge is -2.26. The van der Waals surface area contributed by atoms with Gasteiger partial charge in [-0.05, 0) is 116 Å². The van der Waals surface area contributed by atoms with Crippen LogP contribution in [0.25, 0.3) is 76.9 Å². The highest BCUT2D eigenvalue weighted by molar-refractivity contribution is 6.13. The van der Waals surface area contributed by atoms with Gasteiger partial charge >= 0.3 is 0 Å². The fourth-order valence-corrected chi connectivity index (χ4v) is 7.58. The van der Waals surface area contributed by atoms with Crippen molar-refractivity contribution in [3.63, 3.8) is 0 Å². The Labute approximate surface area is 302 Å². The molecule has 10 rings (SSSR count). The first kappa shape index (κ1) is 30.0. The summed E-state index contributed by atoms with van der Waals surface area (Å²) in [5.74, 6) is 0. The molecule has 0 aliphatic heterocycles. The molecule has 1 aromatic heterocycles. The molecule has 2 nitrogen and oxygen atoms in total. The van der Waals surface area contributed by atoms with Crippen LogP contribution in [-0.2, 0) is 0 Å². The van der Waals surface area contributed by atoms with Crippen molar-refractivity contribution in [2.75, 3.05) is 4.90 Å². The Balaban J connectivity index is 1.05. The van der Waals surface area contributed by atoms with Gasteiger partial charge in [-0.15, -0.1) is 0 Å². The van der Waals surface area contributed by atoms with E-state index < -0.39 is 0 Å². The smallest absolute Gasteiger partial charge is 0.137 e. The number of hydrogen-bond acceptors (Lipinski definition) is 2. The molecule has 0 radical (unpaired) electrons. The van der Waals surface area contributed by atoms with Gasteiger partial charge in [0.2, 0.25) is 0 Å². The maximum atomic E-state index is 6.34. The van der Waals surface area contributed by atoms with Gasteiger partial charge in [-0.25, -0.2) is 0 Å². The topological polar surface area (TPSA) is 16.4 Å². The average Bonchev–Trinajstić information content (AvgIpc) is 3.61. The number of hydrogen-bond donors (Lipinski definition) is 0. The van der Waals surface area contributed by atoms with Gasteiger partial charge in [-0.2, -0.15) is 0 Å². The van der Waals surface area contributed by atoms with Crippen molar-refractivity contribution in [3.05, 3.63) is 200 Å². The summed E-state index contributed by atoms with van der Waals surface area (Å²) in [5, 5.41) is 7.17. The van der Waals surface area contributed by atoms with E-state index in [-0.39, 0.29) is 0 Å². The van der Waals surface area contributed by atoms with E-state index in [2.05, 4.69) is 193 Å². The van der Waals surface area contributed by atoms with E-state index in [0.29, 0.717) is 0 Å². The summed E-state index contributed by atoms with van der Waals surface area (Å²) >= 11 is 0. The van der Waals surface area contributed by atoms with Gasteiger partial charge in [0.05, 0.1) is 11.1 Å². The first-order valence-electron chi connectivity index (χ1n) is 17.7. The zero-order valence-electron chi connectivity index (χ0n) is 28.4. The maximum Gasteiger partial charge on any atom is 0.137 e. The van der Waals surface area contributed by atoms with Gasteiger partial charge in [-0.1, -0.05) is 140 Å². The van der Waals surface area contributed by atoms with Crippen molar-refractivity contribution in [2.45, 2.75) is 0 Å². The molecule has 1 heterocycles. The molecule has 0 amide bonds. The fraction of sp³-hybridized carbons (Fsp3) is 0. The van der Waals surface area contributed by atoms with E-state index in [1.165, 1.54) is 54.9 Å². The second-order valence-corrected chi connectivity index (χ2v) is 13.4. The van der Waals surface area contributed by atoms with Crippen molar-refractivity contribution in [2.24, 2.45) is 0 Å². The summed E-state index contributed by atoms with van der Waals surface area (Å²) in [5.41, 5.74) is 12.2. The maximum absolute atomic E-state index is 6.34. The molecule has 0 bridgehead atoms. The summed E-state index contributed by atoms with van der Waals surface area (Å²) in [7, 11) is 0. The summed E-state index contributed by atoms with van der Waals surface area (Å²) in [6.45, 7) is 0. The van der Waals surface area contributed by atoms with E-state index in [0.717, 1.165) is 39.0 Å². The highest BCUT2D eigenvalue weighted by atomic mass is 16.3. The molecule has 0 atom stereocenters. The lowest BCUT2D eigenvalue weighted by molar-refractivity contribution is 0.669. The van der Waals surface area contributed by atoms with Crippen LogP contribution >= 0.6 is 0 Å². The van der Waals surface area contributed by atoms with Crippen molar-refractivity contribution in [1.29, 1.82) is 0 Å². The molecule has 9 aromatic carbocycles. The zero-order valence-corrected chi connectivity index (χ0v) is 28.4. The standard InChI is InChI=1S/C50H33NO/c1-2-9-34(10-3-1)39-19-21-43-33-41(20-22-42(43)32-39)37-25-29-45(30-26-37)51(47-14-8-16-49-50(47)46-13-6-7-15-48(46)52-49)44-27-23-36(24-28-44)40-18-17-35-11-4-5-12-38(35)31-40/h1-33H. The second-order valence-electron chi connectivity index (χ2n) is 13.4. The van der Waals surface area contributed by atoms with E-state index in [1.54, 1.807) is 0 Å². The van der Waals surface area contributed by atoms with Crippen molar-refractivity contribution < 1.29 is 4.42 Å². The second kappa shape index (κ2) is 12.5. The van der Waals surface area contributed by atoms with Crippen LogP contribution in [0.2, 0.25) is 0 Å². The third kappa shape index (κ3) is 5.30. The molecule has 10 aromatic rings. The highest BCUT2D eigenvalue weighted by Crippen LogP contribution is 2.43. The molecule has 0 saturated carbocycles. The van der Waals surface area contributed by atoms with Crippen LogP contribution in [0.3, 0.4) is 0 Å². The van der Waals surface area contributed by atoms with Crippen LogP contribution in [-0.4, -0.2) is 0 Å². The van der Waals surface area contributed by atoms with Crippen LogP contribution in [0.15, 0.2) is 205 Å². The molecule has 2 heteroatoms. The minimum absolute atomic E-state index is 0.875. The molecule has 0 saturated heterocycles. The number of furan rings is 1. The Morgan fingerprint density at radius 2 is 0.769 bits per heavy atom. The molecular formula is C50H33NO. The lowest BCUT2D eigenvalue weighted by atomic mass is 9.97. The SMILES string of the molecule is c1ccc(-c2ccc3cc(-c4ccc(N(c5ccc(-c6ccc7ccccc7c6)cc5)c5cccc6oc7ccccc7c56)cc4)ccc3c2)cc1. The van der Waals surface area contributed by atoms with Gasteiger partial charge in [-0.3, -0.25) is 0 Å². The number of anilines is 3. The first-order chi connectivity index (χ1) is 25.7. The van der Waals surface area contributed by atoms with Crippen molar-refractivity contribution in [1.82, 2.24) is 0 Å². The van der Waals surface area contributed by atoms with Crippen LogP contribution < -0.4 is 4.90 Å². The predicted octanol–water partition coefficient (Wildman–Crippen LogP) is 14.4. The minimum atomic E-state index is 0.875. The quantitative estimate of drug-likeness (QED) is 0.176. The Morgan fingerprint density at radius 3 is 1.40 bits per heavy atom. The third-order valence-corrected chi connectivity index (χ3v) is 10.2. The Bertz CT molecular complexity index is 2890. The predicted molar refractivity (Wildman–Crippen MR) is 220 cm³/mol. The monoisotopic (exact) mass is 663 g/mol. The van der Waals surface area contributed by atoms with E-state index >= 15 is 0 Å². The summed E-state index contributed by atoms with van der Waals surface area (Å²) < 4.78 is 6.34. The summed E-state index contributed by atoms with van der Waals surface area (Å²) in [6.07, 6.45) is 0. The lowest BCUT2D eigenvalue weighted by Crippen LogP contribution is -2.10. The fourth-order valence-electron chi connectivity index (χ4n) is 7.58. The van der Waals surface area contributed by atoms with E-state index in [4.69, 9.17) is 4.42 Å². The Hall–Kier alpha value is -6.90. The molecule has 244 valence electrons. The molecule has 0 N–H and O–H groups in total. The van der Waals surface area contributed by atoms with Gasteiger partial charge in [0.15, 0.2) is 0 Å². The van der Waals surface area contributed by atoms with Gasteiger partial charge < -0.3 is 9.32 Å². The largest absolute Gasteiger partial charge is 0.456 e. The third-order valence-electron chi connectivity index (χ3n) is 10.2. The Morgan fingerprint density at radius 1 is 0.308 bits per heavy atom. The van der Waals surface area contributed by atoms with Gasteiger partial charge in [0, 0.05) is 16.8 Å². The van der Waals surface area contributed by atoms with Crippen molar-refractivity contribution in [3.8, 4) is 33.4 Å². The van der Waals surface area contributed by atoms with E-state index in [1.807, 2.05) is 12.1 Å². The number of rotatable bonds is 6. The number of para-hydroxylation sites is 1. The Kier molecular flexibility index (Phi) is 7.18. The van der Waals surface area contributed by atoms with Crippen LogP contribution in [0.1, 0.15) is 0 Å². The molecule has 0 fully saturated rings. The van der Waals surface area contributed by atoms with Crippen molar-refractivity contribution >= 4 is 60.5 Å². The molecule has 0 spiro atoms. The molecule has 0 aliphatic carbocycles. The van der Waals surface area contributed by atoms with Crippen LogP contribution in [0.5, 0.6) is 0 Å². The minimum Gasteiger partial charge on any atom is -0.456 e. The normalized spacial score (nSPS) is 11.5. The molecule has 52 heavy (non-hydrogen) atoms. The highest BCUT2D eigenvalue weighted by Gasteiger charge is 2.19. The molecular weight excluding hydrogens is 631 g/mol. The summed E-state index contributed by atoms with van der Waals surface area (Å²) in [4.78, 5) is 2.35. The number of nitrogens with zero attached hydrogens (tertiary/aromatic N) is 1. The zero-order chi connectivity index (χ0) is 34.4. The average molecular weight is 664 g/mol. The molecule has 0 unspecified atom stereocenters. The van der Waals surface area contributed by atoms with E-state index in [9.17, 15) is 0 Å². The van der Waals surface area contributed by atoms with Gasteiger partial charge in [0.1, 0.15) is 11.2 Å².